The van der Waals surface area contributed by atoms with Crippen LogP contribution in [0.2, 0.25) is 0 Å². The predicted octanol–water partition coefficient (Wildman–Crippen LogP) is 2.53. The molecule has 0 saturated carbocycles. The van der Waals surface area contributed by atoms with Crippen LogP contribution in [-0.4, -0.2) is 30.8 Å². The monoisotopic (exact) mass is 417 g/mol. The molecule has 0 fully saturated rings. The van der Waals surface area contributed by atoms with Gasteiger partial charge in [-0.05, 0) is 36.2 Å². The van der Waals surface area contributed by atoms with Crippen LogP contribution in [0.15, 0.2) is 89.2 Å². The molecule has 0 atom stereocenters. The molecule has 1 aromatic heterocycles. The molecule has 0 radical (unpaired) electrons. The zero-order chi connectivity index (χ0) is 21.9. The quantitative estimate of drug-likeness (QED) is 0.466. The van der Waals surface area contributed by atoms with Crippen LogP contribution in [0.25, 0.3) is 6.08 Å². The third-order valence-electron chi connectivity index (χ3n) is 4.35. The zero-order valence-corrected chi connectivity index (χ0v) is 16.8. The van der Waals surface area contributed by atoms with Gasteiger partial charge in [-0.2, -0.15) is 0 Å². The fourth-order valence-corrected chi connectivity index (χ4v) is 2.77. The van der Waals surface area contributed by atoms with E-state index < -0.39 is 11.8 Å². The first-order chi connectivity index (χ1) is 15.1. The number of benzene rings is 2. The Balaban J connectivity index is 1.55. The van der Waals surface area contributed by atoms with Crippen LogP contribution in [-0.2, 0) is 16.0 Å². The Morgan fingerprint density at radius 1 is 0.839 bits per heavy atom. The maximum atomic E-state index is 12.6. The lowest BCUT2D eigenvalue weighted by Gasteiger charge is -2.11. The number of amides is 3. The third-order valence-corrected chi connectivity index (χ3v) is 4.35. The van der Waals surface area contributed by atoms with Crippen LogP contribution >= 0.6 is 0 Å². The Morgan fingerprint density at radius 3 is 2.23 bits per heavy atom. The van der Waals surface area contributed by atoms with Gasteiger partial charge in [-0.1, -0.05) is 48.5 Å². The maximum absolute atomic E-state index is 12.6. The van der Waals surface area contributed by atoms with E-state index in [0.29, 0.717) is 24.3 Å². The number of nitrogens with one attached hydrogen (secondary N) is 3. The van der Waals surface area contributed by atoms with Gasteiger partial charge in [-0.15, -0.1) is 0 Å². The molecule has 0 aliphatic rings. The molecule has 0 unspecified atom stereocenters. The Bertz CT molecular complexity index is 1030. The fraction of sp³-hybridized carbons (Fsp3) is 0.125. The summed E-state index contributed by atoms with van der Waals surface area (Å²) >= 11 is 0. The predicted molar refractivity (Wildman–Crippen MR) is 117 cm³/mol. The van der Waals surface area contributed by atoms with Crippen LogP contribution in [0.3, 0.4) is 0 Å². The molecule has 3 N–H and O–H groups in total. The van der Waals surface area contributed by atoms with Crippen molar-refractivity contribution in [1.29, 1.82) is 0 Å². The van der Waals surface area contributed by atoms with Crippen molar-refractivity contribution in [2.24, 2.45) is 0 Å². The van der Waals surface area contributed by atoms with Gasteiger partial charge in [-0.25, -0.2) is 0 Å². The molecule has 0 spiro atoms. The van der Waals surface area contributed by atoms with E-state index in [2.05, 4.69) is 16.0 Å². The summed E-state index contributed by atoms with van der Waals surface area (Å²) in [5.41, 5.74) is 1.49. The summed E-state index contributed by atoms with van der Waals surface area (Å²) in [4.78, 5) is 37.2. The van der Waals surface area contributed by atoms with Gasteiger partial charge in [0.25, 0.3) is 11.8 Å². The smallest absolute Gasteiger partial charge is 0.268 e. The first-order valence-electron chi connectivity index (χ1n) is 9.82. The van der Waals surface area contributed by atoms with E-state index in [1.807, 2.05) is 30.3 Å². The second kappa shape index (κ2) is 11.2. The van der Waals surface area contributed by atoms with E-state index in [0.717, 1.165) is 5.56 Å². The Kier molecular flexibility index (Phi) is 7.77. The molecule has 7 nitrogen and oxygen atoms in total. The van der Waals surface area contributed by atoms with Crippen molar-refractivity contribution >= 4 is 23.8 Å². The lowest BCUT2D eigenvalue weighted by molar-refractivity contribution is -0.124. The SMILES string of the molecule is O=C(CNC(=O)C(=Cc1ccco1)NC(=O)c1ccccc1)NCCc1ccccc1. The second-order valence-electron chi connectivity index (χ2n) is 6.66. The van der Waals surface area contributed by atoms with Gasteiger partial charge in [0.2, 0.25) is 5.91 Å². The highest BCUT2D eigenvalue weighted by molar-refractivity contribution is 6.05. The second-order valence-corrected chi connectivity index (χ2v) is 6.66. The summed E-state index contributed by atoms with van der Waals surface area (Å²) in [6.45, 7) is 0.239. The van der Waals surface area contributed by atoms with Crippen LogP contribution in [0.5, 0.6) is 0 Å². The van der Waals surface area contributed by atoms with E-state index in [1.54, 1.807) is 42.5 Å². The van der Waals surface area contributed by atoms with Crippen molar-refractivity contribution < 1.29 is 18.8 Å². The van der Waals surface area contributed by atoms with E-state index in [9.17, 15) is 14.4 Å². The molecular formula is C24H23N3O4. The summed E-state index contributed by atoms with van der Waals surface area (Å²) in [5.74, 6) is -0.971. The molecule has 3 rings (SSSR count). The normalized spacial score (nSPS) is 10.9. The van der Waals surface area contributed by atoms with E-state index in [-0.39, 0.29) is 18.1 Å². The Hall–Kier alpha value is -4.13. The molecular weight excluding hydrogens is 394 g/mol. The molecule has 158 valence electrons. The highest BCUT2D eigenvalue weighted by atomic mass is 16.3. The minimum Gasteiger partial charge on any atom is -0.465 e. The van der Waals surface area contributed by atoms with Crippen LogP contribution in [0.4, 0.5) is 0 Å². The number of hydrogen-bond donors (Lipinski definition) is 3. The van der Waals surface area contributed by atoms with Crippen molar-refractivity contribution in [3.63, 3.8) is 0 Å². The summed E-state index contributed by atoms with van der Waals surface area (Å²) in [6, 6.07) is 21.6. The highest BCUT2D eigenvalue weighted by Crippen LogP contribution is 2.08. The minimum absolute atomic E-state index is 0.0270. The van der Waals surface area contributed by atoms with Crippen LogP contribution in [0.1, 0.15) is 21.7 Å². The van der Waals surface area contributed by atoms with Gasteiger partial charge < -0.3 is 20.4 Å². The maximum Gasteiger partial charge on any atom is 0.268 e. The van der Waals surface area contributed by atoms with Gasteiger partial charge in [0.1, 0.15) is 11.5 Å². The molecule has 31 heavy (non-hydrogen) atoms. The summed E-state index contributed by atoms with van der Waals surface area (Å²) in [5, 5.41) is 7.86. The van der Waals surface area contributed by atoms with Crippen molar-refractivity contribution in [1.82, 2.24) is 16.0 Å². The minimum atomic E-state index is -0.598. The molecule has 7 heteroatoms. The number of furan rings is 1. The molecule has 0 aliphatic heterocycles. The Morgan fingerprint density at radius 2 is 1.55 bits per heavy atom. The van der Waals surface area contributed by atoms with E-state index in [1.165, 1.54) is 12.3 Å². The van der Waals surface area contributed by atoms with Crippen molar-refractivity contribution in [3.8, 4) is 0 Å². The van der Waals surface area contributed by atoms with Crippen LogP contribution < -0.4 is 16.0 Å². The topological polar surface area (TPSA) is 100 Å². The van der Waals surface area contributed by atoms with Crippen molar-refractivity contribution in [3.05, 3.63) is 102 Å². The first kappa shape index (κ1) is 21.6. The molecule has 3 aromatic rings. The molecule has 0 saturated heterocycles. The number of rotatable bonds is 9. The summed E-state index contributed by atoms with van der Waals surface area (Å²) in [7, 11) is 0. The first-order valence-corrected chi connectivity index (χ1v) is 9.82. The fourth-order valence-electron chi connectivity index (χ4n) is 2.77. The average Bonchev–Trinajstić information content (AvgIpc) is 3.31. The Labute approximate surface area is 180 Å². The largest absolute Gasteiger partial charge is 0.465 e. The number of hydrogen-bond acceptors (Lipinski definition) is 4. The van der Waals surface area contributed by atoms with Gasteiger partial charge in [0, 0.05) is 18.2 Å². The molecule has 3 amide bonds. The average molecular weight is 417 g/mol. The molecule has 2 aromatic carbocycles. The number of carbonyl (C=O) groups is 3. The van der Waals surface area contributed by atoms with Gasteiger partial charge in [0.15, 0.2) is 0 Å². The summed E-state index contributed by atoms with van der Waals surface area (Å²) in [6.07, 6.45) is 3.56. The van der Waals surface area contributed by atoms with E-state index in [4.69, 9.17) is 4.42 Å². The zero-order valence-electron chi connectivity index (χ0n) is 16.8. The summed E-state index contributed by atoms with van der Waals surface area (Å²) < 4.78 is 5.24. The van der Waals surface area contributed by atoms with Crippen LogP contribution in [0, 0.1) is 0 Å². The van der Waals surface area contributed by atoms with Gasteiger partial charge in [-0.3, -0.25) is 14.4 Å². The van der Waals surface area contributed by atoms with Gasteiger partial charge in [0.05, 0.1) is 12.8 Å². The number of carbonyl (C=O) groups excluding carboxylic acids is 3. The van der Waals surface area contributed by atoms with Gasteiger partial charge >= 0.3 is 0 Å². The standard InChI is InChI=1S/C24H23N3O4/c28-22(25-14-13-18-8-3-1-4-9-18)17-26-24(30)21(16-20-12-7-15-31-20)27-23(29)19-10-5-2-6-11-19/h1-12,15-16H,13-14,17H2,(H,25,28)(H,26,30)(H,27,29). The van der Waals surface area contributed by atoms with Crippen molar-refractivity contribution in [2.45, 2.75) is 6.42 Å². The van der Waals surface area contributed by atoms with Crippen molar-refractivity contribution in [2.75, 3.05) is 13.1 Å². The lowest BCUT2D eigenvalue weighted by atomic mass is 10.1. The molecule has 0 bridgehead atoms. The molecule has 1 heterocycles. The lowest BCUT2D eigenvalue weighted by Crippen LogP contribution is -2.41. The van der Waals surface area contributed by atoms with E-state index >= 15 is 0 Å². The third kappa shape index (κ3) is 7.01. The highest BCUT2D eigenvalue weighted by Gasteiger charge is 2.16. The molecule has 0 aliphatic carbocycles.